The Hall–Kier alpha value is -5.13. The van der Waals surface area contributed by atoms with Gasteiger partial charge in [0.05, 0.1) is 11.0 Å². The molecule has 0 saturated carbocycles. The van der Waals surface area contributed by atoms with E-state index in [1.54, 1.807) is 0 Å². The minimum atomic E-state index is -0.377. The van der Waals surface area contributed by atoms with Crippen molar-refractivity contribution in [2.45, 2.75) is 22.2 Å². The molecule has 2 atom stereocenters. The van der Waals surface area contributed by atoms with Gasteiger partial charge in [-0.3, -0.25) is 0 Å². The molecule has 1 aromatic heterocycles. The molecule has 0 bridgehead atoms. The molecule has 6 aromatic rings. The summed E-state index contributed by atoms with van der Waals surface area (Å²) in [7, 11) is 0. The highest BCUT2D eigenvalue weighted by Crippen LogP contribution is 2.53. The molecule has 210 valence electrons. The fraction of sp³-hybridized carbons (Fsp3) is 0.0769. The smallest absolute Gasteiger partial charge is 0.166 e. The number of amidine groups is 2. The van der Waals surface area contributed by atoms with Crippen LogP contribution in [-0.4, -0.2) is 27.7 Å². The van der Waals surface area contributed by atoms with Gasteiger partial charge in [0.1, 0.15) is 11.7 Å². The van der Waals surface area contributed by atoms with Gasteiger partial charge in [0, 0.05) is 43.7 Å². The molecule has 1 aliphatic carbocycles. The van der Waals surface area contributed by atoms with Crippen LogP contribution in [0.2, 0.25) is 0 Å². The third-order valence-corrected chi connectivity index (χ3v) is 10.1. The number of nitrogens with zero attached hydrogens (tertiary/aromatic N) is 3. The van der Waals surface area contributed by atoms with Crippen LogP contribution in [0.5, 0.6) is 0 Å². The molecule has 3 heterocycles. The maximum absolute atomic E-state index is 5.33. The van der Waals surface area contributed by atoms with Gasteiger partial charge >= 0.3 is 0 Å². The van der Waals surface area contributed by atoms with Gasteiger partial charge in [-0.15, -0.1) is 11.8 Å². The van der Waals surface area contributed by atoms with Crippen molar-refractivity contribution in [2.24, 2.45) is 9.98 Å². The molecule has 0 spiro atoms. The Kier molecular flexibility index (Phi) is 5.91. The fourth-order valence-electron chi connectivity index (χ4n) is 6.87. The molecule has 0 radical (unpaired) electrons. The van der Waals surface area contributed by atoms with E-state index in [0.717, 1.165) is 22.8 Å². The number of hydrogen-bond donors (Lipinski definition) is 1. The summed E-state index contributed by atoms with van der Waals surface area (Å²) in [5.41, 5.74) is 8.27. The molecule has 2 aliphatic heterocycles. The van der Waals surface area contributed by atoms with Gasteiger partial charge in [-0.25, -0.2) is 9.98 Å². The molecule has 0 fully saturated rings. The predicted molar refractivity (Wildman–Crippen MR) is 184 cm³/mol. The van der Waals surface area contributed by atoms with E-state index in [1.165, 1.54) is 43.5 Å². The van der Waals surface area contributed by atoms with Crippen LogP contribution >= 0.6 is 11.8 Å². The highest BCUT2D eigenvalue weighted by atomic mass is 32.2. The number of aliphatic imine (C=N–C) groups is 2. The molecule has 0 amide bonds. The molecule has 5 aromatic carbocycles. The van der Waals surface area contributed by atoms with Gasteiger partial charge in [0.25, 0.3) is 0 Å². The monoisotopic (exact) mass is 584 g/mol. The van der Waals surface area contributed by atoms with E-state index in [1.807, 2.05) is 23.9 Å². The first-order valence-corrected chi connectivity index (χ1v) is 15.9. The first-order chi connectivity index (χ1) is 21.8. The topological polar surface area (TPSA) is 41.7 Å². The third-order valence-electron chi connectivity index (χ3n) is 8.82. The van der Waals surface area contributed by atoms with Crippen LogP contribution in [0.15, 0.2) is 166 Å². The lowest BCUT2D eigenvalue weighted by atomic mass is 9.82. The van der Waals surface area contributed by atoms with Crippen molar-refractivity contribution in [1.82, 2.24) is 9.88 Å². The van der Waals surface area contributed by atoms with Gasteiger partial charge in [-0.2, -0.15) is 0 Å². The Morgan fingerprint density at radius 1 is 0.591 bits per heavy atom. The second-order valence-corrected chi connectivity index (χ2v) is 12.6. The standard InChI is InChI=1S/C39H28N4S/c1-3-13-25(14-4-1)37-40-38(26-15-5-2-6-16-26)42-39(41-37)31-23-27(24-35-36(31)30-19-9-12-22-34(30)44-35)43-32-20-10-7-17-28(32)29-18-8-11-21-33(29)43/h1-24,35-36,39H,(H,40,41,42). The van der Waals surface area contributed by atoms with Crippen LogP contribution in [0.1, 0.15) is 22.6 Å². The lowest BCUT2D eigenvalue weighted by Crippen LogP contribution is -2.39. The Labute approximate surface area is 260 Å². The lowest BCUT2D eigenvalue weighted by Gasteiger charge is -2.31. The van der Waals surface area contributed by atoms with E-state index in [-0.39, 0.29) is 17.3 Å². The minimum Gasteiger partial charge on any atom is -0.324 e. The van der Waals surface area contributed by atoms with E-state index in [0.29, 0.717) is 0 Å². The van der Waals surface area contributed by atoms with E-state index < -0.39 is 0 Å². The summed E-state index contributed by atoms with van der Waals surface area (Å²) in [6.07, 6.45) is 4.46. The minimum absolute atomic E-state index is 0.178. The first kappa shape index (κ1) is 25.4. The molecular weight excluding hydrogens is 557 g/mol. The molecule has 9 rings (SSSR count). The van der Waals surface area contributed by atoms with Gasteiger partial charge in [-0.1, -0.05) is 115 Å². The van der Waals surface area contributed by atoms with Crippen molar-refractivity contribution in [1.29, 1.82) is 0 Å². The second kappa shape index (κ2) is 10.2. The zero-order chi connectivity index (χ0) is 29.0. The largest absolute Gasteiger partial charge is 0.324 e. The maximum atomic E-state index is 5.33. The molecule has 44 heavy (non-hydrogen) atoms. The van der Waals surface area contributed by atoms with Gasteiger partial charge in [0.15, 0.2) is 6.17 Å². The van der Waals surface area contributed by atoms with E-state index in [2.05, 4.69) is 143 Å². The summed E-state index contributed by atoms with van der Waals surface area (Å²) in [6, 6.07) is 47.0. The molecular formula is C39H28N4S. The molecule has 3 aliphatic rings. The number of rotatable bonds is 4. The summed E-state index contributed by atoms with van der Waals surface area (Å²) in [6.45, 7) is 0. The Bertz CT molecular complexity index is 2080. The van der Waals surface area contributed by atoms with Crippen molar-refractivity contribution in [3.05, 3.63) is 168 Å². The van der Waals surface area contributed by atoms with Crippen molar-refractivity contribution >= 4 is 50.9 Å². The van der Waals surface area contributed by atoms with E-state index in [9.17, 15) is 0 Å². The van der Waals surface area contributed by atoms with Crippen molar-refractivity contribution in [2.75, 3.05) is 0 Å². The number of benzene rings is 5. The number of thioether (sulfide) groups is 1. The Morgan fingerprint density at radius 3 is 1.77 bits per heavy atom. The van der Waals surface area contributed by atoms with Crippen LogP contribution in [0, 0.1) is 0 Å². The van der Waals surface area contributed by atoms with Crippen LogP contribution < -0.4 is 5.32 Å². The lowest BCUT2D eigenvalue weighted by molar-refractivity contribution is 0.687. The molecule has 2 unspecified atom stereocenters. The third kappa shape index (κ3) is 4.08. The molecule has 4 nitrogen and oxygen atoms in total. The number of aromatic nitrogens is 1. The van der Waals surface area contributed by atoms with Crippen LogP contribution in [-0.2, 0) is 0 Å². The zero-order valence-corrected chi connectivity index (χ0v) is 24.7. The van der Waals surface area contributed by atoms with Crippen LogP contribution in [0.4, 0.5) is 0 Å². The summed E-state index contributed by atoms with van der Waals surface area (Å²) in [4.78, 5) is 12.0. The van der Waals surface area contributed by atoms with E-state index in [4.69, 9.17) is 9.98 Å². The van der Waals surface area contributed by atoms with Crippen LogP contribution in [0.25, 0.3) is 27.5 Å². The van der Waals surface area contributed by atoms with Gasteiger partial charge < -0.3 is 9.88 Å². The van der Waals surface area contributed by atoms with E-state index >= 15 is 0 Å². The molecule has 0 saturated heterocycles. The van der Waals surface area contributed by atoms with Crippen molar-refractivity contribution < 1.29 is 0 Å². The van der Waals surface area contributed by atoms with Crippen molar-refractivity contribution in [3.63, 3.8) is 0 Å². The highest BCUT2D eigenvalue weighted by Gasteiger charge is 2.41. The number of nitrogens with one attached hydrogen (secondary N) is 1. The SMILES string of the molecule is C1=C(C2N=C(c3ccccc3)NC(c3ccccc3)=N2)C2c3ccccc3SC2C=C1n1c2ccccc2c2ccccc21. The quantitative estimate of drug-likeness (QED) is 0.225. The normalized spacial score (nSPS) is 19.5. The fourth-order valence-corrected chi connectivity index (χ4v) is 8.30. The predicted octanol–water partition coefficient (Wildman–Crippen LogP) is 8.66. The summed E-state index contributed by atoms with van der Waals surface area (Å²) in [5, 5.41) is 6.33. The Balaban J connectivity index is 1.28. The molecule has 1 N–H and O–H groups in total. The summed E-state index contributed by atoms with van der Waals surface area (Å²) < 4.78 is 2.43. The number of allylic oxidation sites excluding steroid dienone is 2. The summed E-state index contributed by atoms with van der Waals surface area (Å²) in [5.74, 6) is 1.86. The Morgan fingerprint density at radius 2 is 1.14 bits per heavy atom. The average Bonchev–Trinajstić information content (AvgIpc) is 3.64. The zero-order valence-electron chi connectivity index (χ0n) is 23.8. The number of hydrogen-bond acceptors (Lipinski definition) is 4. The van der Waals surface area contributed by atoms with Crippen molar-refractivity contribution in [3.8, 4) is 0 Å². The average molecular weight is 585 g/mol. The van der Waals surface area contributed by atoms with Gasteiger partial charge in [-0.05, 0) is 41.5 Å². The highest BCUT2D eigenvalue weighted by molar-refractivity contribution is 8.00. The molecule has 5 heteroatoms. The number of para-hydroxylation sites is 2. The number of fused-ring (bicyclic) bond motifs is 6. The first-order valence-electron chi connectivity index (χ1n) is 15.0. The summed E-state index contributed by atoms with van der Waals surface area (Å²) >= 11 is 1.95. The van der Waals surface area contributed by atoms with Gasteiger partial charge in [0.2, 0.25) is 0 Å². The maximum Gasteiger partial charge on any atom is 0.166 e. The second-order valence-electron chi connectivity index (χ2n) is 11.4. The van der Waals surface area contributed by atoms with Crippen LogP contribution in [0.3, 0.4) is 0 Å².